The molecule has 2 aromatic rings. The monoisotopic (exact) mass is 370 g/mol. The van der Waals surface area contributed by atoms with E-state index in [0.717, 1.165) is 4.47 Å². The average Bonchev–Trinajstić information content (AvgIpc) is 2.83. The fourth-order valence-corrected chi connectivity index (χ4v) is 2.04. The molecule has 2 rings (SSSR count). The van der Waals surface area contributed by atoms with Gasteiger partial charge in [-0.15, -0.1) is 5.10 Å². The van der Waals surface area contributed by atoms with Crippen molar-refractivity contribution in [2.24, 2.45) is 7.05 Å². The zero-order chi connectivity index (χ0) is 15.4. The highest BCUT2D eigenvalue weighted by molar-refractivity contribution is 9.10. The molecule has 10 heteroatoms. The number of benzene rings is 1. The molecule has 1 aromatic carbocycles. The van der Waals surface area contributed by atoms with Gasteiger partial charge in [-0.3, -0.25) is 15.4 Å². The van der Waals surface area contributed by atoms with Gasteiger partial charge in [-0.25, -0.2) is 0 Å². The number of carbonyl (C=O) groups excluding carboxylic acids is 1. The number of aromatic nitrogens is 4. The Morgan fingerprint density at radius 2 is 2.24 bits per heavy atom. The van der Waals surface area contributed by atoms with Crippen molar-refractivity contribution in [3.8, 4) is 5.75 Å². The topological polar surface area (TPSA) is 94.0 Å². The smallest absolute Gasteiger partial charge is 0.269 e. The van der Waals surface area contributed by atoms with Crippen molar-refractivity contribution >= 4 is 45.1 Å². The molecule has 8 nitrogen and oxygen atoms in total. The summed E-state index contributed by atoms with van der Waals surface area (Å²) in [6.07, 6.45) is 0. The molecule has 0 radical (unpaired) electrons. The number of nitrogens with one attached hydrogen (secondary N) is 2. The fraction of sp³-hybridized carbons (Fsp3) is 0.182. The third-order valence-electron chi connectivity index (χ3n) is 2.37. The molecule has 0 unspecified atom stereocenters. The summed E-state index contributed by atoms with van der Waals surface area (Å²) in [7, 11) is 3.10. The van der Waals surface area contributed by atoms with Gasteiger partial charge < -0.3 is 4.74 Å². The number of nitrogens with zero attached hydrogens (tertiary/aromatic N) is 4. The Morgan fingerprint density at radius 3 is 2.86 bits per heavy atom. The van der Waals surface area contributed by atoms with Crippen LogP contribution in [-0.2, 0) is 7.05 Å². The molecule has 0 saturated carbocycles. The van der Waals surface area contributed by atoms with Crippen LogP contribution < -0.4 is 15.4 Å². The number of methoxy groups -OCH3 is 1. The van der Waals surface area contributed by atoms with E-state index < -0.39 is 5.91 Å². The SMILES string of the molecule is COc1ccc(Br)cc1C(=O)NC(=S)Nc1nnn(C)n1. The van der Waals surface area contributed by atoms with Gasteiger partial charge in [-0.05, 0) is 35.6 Å². The lowest BCUT2D eigenvalue weighted by Crippen LogP contribution is -2.34. The van der Waals surface area contributed by atoms with Gasteiger partial charge in [0, 0.05) is 4.47 Å². The van der Waals surface area contributed by atoms with Crippen LogP contribution in [-0.4, -0.2) is 38.3 Å². The molecule has 0 fully saturated rings. The van der Waals surface area contributed by atoms with Crippen molar-refractivity contribution < 1.29 is 9.53 Å². The normalized spacial score (nSPS) is 10.0. The molecule has 0 aliphatic heterocycles. The minimum atomic E-state index is -0.408. The van der Waals surface area contributed by atoms with E-state index in [1.165, 1.54) is 11.9 Å². The first kappa shape index (κ1) is 15.3. The lowest BCUT2D eigenvalue weighted by molar-refractivity contribution is 0.0974. The molecular formula is C11H11BrN6O2S. The number of amides is 1. The summed E-state index contributed by atoms with van der Waals surface area (Å²) in [4.78, 5) is 13.4. The fourth-order valence-electron chi connectivity index (χ4n) is 1.50. The number of thiocarbonyl (C=S) groups is 1. The molecule has 0 saturated heterocycles. The number of hydrogen-bond acceptors (Lipinski definition) is 6. The van der Waals surface area contributed by atoms with Crippen molar-refractivity contribution in [3.63, 3.8) is 0 Å². The molecule has 0 spiro atoms. The molecule has 1 aromatic heterocycles. The maximum absolute atomic E-state index is 12.2. The van der Waals surface area contributed by atoms with Crippen molar-refractivity contribution in [2.45, 2.75) is 0 Å². The predicted molar refractivity (Wildman–Crippen MR) is 83.2 cm³/mol. The van der Waals surface area contributed by atoms with Crippen molar-refractivity contribution in [1.29, 1.82) is 0 Å². The first-order valence-electron chi connectivity index (χ1n) is 5.69. The van der Waals surface area contributed by atoms with Crippen LogP contribution in [0.25, 0.3) is 0 Å². The van der Waals surface area contributed by atoms with Crippen molar-refractivity contribution in [1.82, 2.24) is 25.5 Å². The number of tetrazole rings is 1. The standard InChI is InChI=1S/C11H11BrN6O2S/c1-18-16-10(15-17-18)14-11(21)13-9(19)7-5-6(12)3-4-8(7)20-2/h3-5H,1-2H3,(H2,13,14,16,19,21). The Bertz CT molecular complexity index is 689. The van der Waals surface area contributed by atoms with Crippen molar-refractivity contribution in [2.75, 3.05) is 12.4 Å². The Labute approximate surface area is 134 Å². The van der Waals surface area contributed by atoms with Crippen molar-refractivity contribution in [3.05, 3.63) is 28.2 Å². The third kappa shape index (κ3) is 3.95. The number of halogens is 1. The highest BCUT2D eigenvalue weighted by atomic mass is 79.9. The van der Waals surface area contributed by atoms with Crippen LogP contribution in [0.5, 0.6) is 5.75 Å². The molecule has 2 N–H and O–H groups in total. The van der Waals surface area contributed by atoms with Gasteiger partial charge in [0.2, 0.25) is 0 Å². The summed E-state index contributed by atoms with van der Waals surface area (Å²) in [5.74, 6) is 0.231. The lowest BCUT2D eigenvalue weighted by Gasteiger charge is -2.10. The molecular weight excluding hydrogens is 360 g/mol. The van der Waals surface area contributed by atoms with E-state index in [0.29, 0.717) is 11.3 Å². The van der Waals surface area contributed by atoms with Crippen LogP contribution in [0.4, 0.5) is 5.95 Å². The first-order valence-corrected chi connectivity index (χ1v) is 6.89. The highest BCUT2D eigenvalue weighted by Gasteiger charge is 2.15. The molecule has 0 atom stereocenters. The van der Waals surface area contributed by atoms with E-state index in [1.54, 1.807) is 25.2 Å². The summed E-state index contributed by atoms with van der Waals surface area (Å²) in [5.41, 5.74) is 0.350. The Balaban J connectivity index is 2.07. The van der Waals surface area contributed by atoms with Crippen LogP contribution in [0, 0.1) is 0 Å². The average molecular weight is 371 g/mol. The van der Waals surface area contributed by atoms with Crippen LogP contribution in [0.15, 0.2) is 22.7 Å². The van der Waals surface area contributed by atoms with Gasteiger partial charge in [-0.2, -0.15) is 4.80 Å². The summed E-state index contributed by atoms with van der Waals surface area (Å²) < 4.78 is 5.89. The number of ether oxygens (including phenoxy) is 1. The summed E-state index contributed by atoms with van der Waals surface area (Å²) in [5, 5.41) is 16.5. The minimum absolute atomic E-state index is 0.0648. The van der Waals surface area contributed by atoms with Crippen LogP contribution >= 0.6 is 28.1 Å². The largest absolute Gasteiger partial charge is 0.496 e. The van der Waals surface area contributed by atoms with Gasteiger partial charge >= 0.3 is 0 Å². The zero-order valence-electron chi connectivity index (χ0n) is 11.1. The molecule has 1 heterocycles. The van der Waals surface area contributed by atoms with Gasteiger partial charge in [0.15, 0.2) is 5.11 Å². The second-order valence-corrected chi connectivity index (χ2v) is 5.18. The number of aryl methyl sites for hydroxylation is 1. The number of hydrogen-bond donors (Lipinski definition) is 2. The summed E-state index contributed by atoms with van der Waals surface area (Å²) >= 11 is 8.32. The molecule has 21 heavy (non-hydrogen) atoms. The van der Waals surface area contributed by atoms with Gasteiger partial charge in [0.05, 0.1) is 19.7 Å². The summed E-state index contributed by atoms with van der Waals surface area (Å²) in [6.45, 7) is 0. The Kier molecular flexibility index (Phi) is 4.81. The van der Waals surface area contributed by atoms with Gasteiger partial charge in [0.1, 0.15) is 5.75 Å². The number of carbonyl (C=O) groups is 1. The summed E-state index contributed by atoms with van der Waals surface area (Å²) in [6, 6.07) is 5.09. The van der Waals surface area contributed by atoms with E-state index >= 15 is 0 Å². The molecule has 110 valence electrons. The quantitative estimate of drug-likeness (QED) is 0.781. The zero-order valence-corrected chi connectivity index (χ0v) is 13.5. The Hall–Kier alpha value is -2.07. The van der Waals surface area contributed by atoms with E-state index in [4.69, 9.17) is 17.0 Å². The van der Waals surface area contributed by atoms with Gasteiger partial charge in [0.25, 0.3) is 11.9 Å². The van der Waals surface area contributed by atoms with Crippen LogP contribution in [0.2, 0.25) is 0 Å². The lowest BCUT2D eigenvalue weighted by atomic mass is 10.2. The molecule has 0 bridgehead atoms. The van der Waals surface area contributed by atoms with Crippen LogP contribution in [0.3, 0.4) is 0 Å². The van der Waals surface area contributed by atoms with Crippen LogP contribution in [0.1, 0.15) is 10.4 Å². The van der Waals surface area contributed by atoms with E-state index in [9.17, 15) is 4.79 Å². The number of rotatable bonds is 3. The maximum Gasteiger partial charge on any atom is 0.269 e. The number of anilines is 1. The van der Waals surface area contributed by atoms with Gasteiger partial charge in [-0.1, -0.05) is 21.0 Å². The minimum Gasteiger partial charge on any atom is -0.496 e. The second-order valence-electron chi connectivity index (χ2n) is 3.86. The first-order chi connectivity index (χ1) is 9.99. The third-order valence-corrected chi connectivity index (χ3v) is 3.06. The predicted octanol–water partition coefficient (Wildman–Crippen LogP) is 1.11. The van der Waals surface area contributed by atoms with E-state index in [-0.39, 0.29) is 11.1 Å². The molecule has 0 aliphatic carbocycles. The van der Waals surface area contributed by atoms with E-state index in [1.807, 2.05) is 0 Å². The highest BCUT2D eigenvalue weighted by Crippen LogP contribution is 2.22. The Morgan fingerprint density at radius 1 is 1.48 bits per heavy atom. The molecule has 0 aliphatic rings. The van der Waals surface area contributed by atoms with E-state index in [2.05, 4.69) is 42.0 Å². The molecule has 1 amide bonds. The second kappa shape index (κ2) is 6.59. The maximum atomic E-state index is 12.2.